The molecule has 0 radical (unpaired) electrons. The first-order chi connectivity index (χ1) is 6.51. The number of aliphatic carboxylic acids is 1. The molecule has 14 heavy (non-hydrogen) atoms. The van der Waals surface area contributed by atoms with Gasteiger partial charge in [-0.05, 0) is 5.57 Å². The van der Waals surface area contributed by atoms with Gasteiger partial charge in [0, 0.05) is 11.6 Å². The van der Waals surface area contributed by atoms with Crippen LogP contribution in [0.1, 0.15) is 13.8 Å². The molecular formula is C10H13NO3. The van der Waals surface area contributed by atoms with E-state index in [9.17, 15) is 4.79 Å². The van der Waals surface area contributed by atoms with Crippen molar-refractivity contribution in [2.75, 3.05) is 6.61 Å². The van der Waals surface area contributed by atoms with E-state index in [1.165, 1.54) is 0 Å². The fourth-order valence-electron chi connectivity index (χ4n) is 1.48. The van der Waals surface area contributed by atoms with Gasteiger partial charge in [-0.3, -0.25) is 15.1 Å². The number of rotatable bonds is 4. The molecule has 1 atom stereocenters. The minimum Gasteiger partial charge on any atom is -0.481 e. The molecule has 76 valence electrons. The molecule has 0 bridgehead atoms. The lowest BCUT2D eigenvalue weighted by molar-refractivity contribution is -0.139. The number of hydrogen-bond acceptors (Lipinski definition) is 3. The van der Waals surface area contributed by atoms with Crippen molar-refractivity contribution in [1.29, 1.82) is 0 Å². The molecule has 1 saturated carbocycles. The van der Waals surface area contributed by atoms with Crippen LogP contribution in [0.2, 0.25) is 0 Å². The van der Waals surface area contributed by atoms with Gasteiger partial charge in [0.2, 0.25) is 0 Å². The predicted octanol–water partition coefficient (Wildman–Crippen LogP) is 0.765. The molecule has 2 N–H and O–H groups in total. The molecule has 0 aromatic carbocycles. The van der Waals surface area contributed by atoms with Crippen molar-refractivity contribution in [3.8, 4) is 12.3 Å². The molecule has 0 aromatic heterocycles. The molecule has 0 spiro atoms. The highest BCUT2D eigenvalue weighted by Gasteiger charge is 2.57. The van der Waals surface area contributed by atoms with E-state index in [0.717, 1.165) is 5.57 Å². The molecule has 1 fully saturated rings. The molecule has 0 heterocycles. The van der Waals surface area contributed by atoms with Gasteiger partial charge in [-0.15, -0.1) is 6.42 Å². The largest absolute Gasteiger partial charge is 0.481 e. The van der Waals surface area contributed by atoms with Crippen LogP contribution in [0, 0.1) is 23.7 Å². The Morgan fingerprint density at radius 2 is 2.50 bits per heavy atom. The molecule has 0 aromatic rings. The Kier molecular flexibility index (Phi) is 2.82. The average Bonchev–Trinajstić information content (AvgIpc) is 2.62. The topological polar surface area (TPSA) is 58.6 Å². The maximum absolute atomic E-state index is 10.7. The van der Waals surface area contributed by atoms with Gasteiger partial charge < -0.3 is 5.11 Å². The molecule has 1 aliphatic rings. The third-order valence-electron chi connectivity index (χ3n) is 2.39. The zero-order valence-corrected chi connectivity index (χ0v) is 8.20. The van der Waals surface area contributed by atoms with Crippen molar-refractivity contribution in [3.05, 3.63) is 11.8 Å². The third-order valence-corrected chi connectivity index (χ3v) is 2.39. The van der Waals surface area contributed by atoms with Crippen LogP contribution in [0.5, 0.6) is 0 Å². The maximum Gasteiger partial charge on any atom is 0.311 e. The van der Waals surface area contributed by atoms with Gasteiger partial charge in [-0.25, -0.2) is 0 Å². The number of terminal acetylenes is 1. The maximum atomic E-state index is 10.7. The van der Waals surface area contributed by atoms with Gasteiger partial charge in [-0.1, -0.05) is 19.8 Å². The quantitative estimate of drug-likeness (QED) is 0.395. The van der Waals surface area contributed by atoms with Crippen LogP contribution in [0.3, 0.4) is 0 Å². The van der Waals surface area contributed by atoms with E-state index in [1.54, 1.807) is 6.20 Å². The fraction of sp³-hybridized carbons (Fsp3) is 0.500. The summed E-state index contributed by atoms with van der Waals surface area (Å²) in [5.41, 5.74) is 3.06. The van der Waals surface area contributed by atoms with Gasteiger partial charge in [0.25, 0.3) is 0 Å². The van der Waals surface area contributed by atoms with Gasteiger partial charge >= 0.3 is 5.97 Å². The van der Waals surface area contributed by atoms with Crippen LogP contribution in [0.4, 0.5) is 0 Å². The summed E-state index contributed by atoms with van der Waals surface area (Å²) in [5, 5.41) is 8.82. The Hall–Kier alpha value is -1.47. The first-order valence-corrected chi connectivity index (χ1v) is 4.26. The Balaban J connectivity index is 2.48. The Bertz CT molecular complexity index is 312. The van der Waals surface area contributed by atoms with Crippen molar-refractivity contribution in [3.63, 3.8) is 0 Å². The summed E-state index contributed by atoms with van der Waals surface area (Å²) < 4.78 is 0. The van der Waals surface area contributed by atoms with Crippen molar-refractivity contribution in [2.45, 2.75) is 13.8 Å². The van der Waals surface area contributed by atoms with Crippen LogP contribution in [-0.2, 0) is 9.63 Å². The minimum absolute atomic E-state index is 0.155. The lowest BCUT2D eigenvalue weighted by Crippen LogP contribution is -2.06. The second-order valence-corrected chi connectivity index (χ2v) is 3.70. The molecule has 0 aliphatic heterocycles. The summed E-state index contributed by atoms with van der Waals surface area (Å²) in [6, 6.07) is 0. The highest BCUT2D eigenvalue weighted by atomic mass is 16.6. The van der Waals surface area contributed by atoms with Crippen LogP contribution in [0.25, 0.3) is 0 Å². The molecule has 1 aliphatic carbocycles. The Morgan fingerprint density at radius 3 is 2.93 bits per heavy atom. The van der Waals surface area contributed by atoms with Crippen molar-refractivity contribution in [2.24, 2.45) is 11.3 Å². The number of carboxylic acids is 1. The first-order valence-electron chi connectivity index (χ1n) is 4.26. The SMILES string of the molecule is C#CCONC=C1C(C(=O)O)C1(C)C. The summed E-state index contributed by atoms with van der Waals surface area (Å²) >= 11 is 0. The van der Waals surface area contributed by atoms with Crippen molar-refractivity contribution < 1.29 is 14.7 Å². The summed E-state index contributed by atoms with van der Waals surface area (Å²) in [6.07, 6.45) is 6.53. The smallest absolute Gasteiger partial charge is 0.311 e. The molecule has 0 amide bonds. The fourth-order valence-corrected chi connectivity index (χ4v) is 1.48. The van der Waals surface area contributed by atoms with Gasteiger partial charge in [0.1, 0.15) is 6.61 Å². The Morgan fingerprint density at radius 1 is 1.86 bits per heavy atom. The predicted molar refractivity (Wildman–Crippen MR) is 50.9 cm³/mol. The second kappa shape index (κ2) is 3.72. The van der Waals surface area contributed by atoms with E-state index >= 15 is 0 Å². The van der Waals surface area contributed by atoms with Crippen LogP contribution in [0.15, 0.2) is 11.8 Å². The number of hydroxylamine groups is 1. The summed E-state index contributed by atoms with van der Waals surface area (Å²) in [6.45, 7) is 3.91. The van der Waals surface area contributed by atoms with E-state index in [1.807, 2.05) is 13.8 Å². The highest BCUT2D eigenvalue weighted by molar-refractivity contribution is 5.82. The molecule has 4 heteroatoms. The highest BCUT2D eigenvalue weighted by Crippen LogP contribution is 2.57. The monoisotopic (exact) mass is 195 g/mol. The van der Waals surface area contributed by atoms with Gasteiger partial charge in [-0.2, -0.15) is 0 Å². The molecule has 1 rings (SSSR count). The third kappa shape index (κ3) is 1.88. The number of nitrogens with one attached hydrogen (secondary N) is 1. The molecule has 1 unspecified atom stereocenters. The van der Waals surface area contributed by atoms with Crippen molar-refractivity contribution in [1.82, 2.24) is 5.48 Å². The average molecular weight is 195 g/mol. The lowest BCUT2D eigenvalue weighted by atomic mass is 10.1. The van der Waals surface area contributed by atoms with Crippen molar-refractivity contribution >= 4 is 5.97 Å². The zero-order valence-electron chi connectivity index (χ0n) is 8.20. The lowest BCUT2D eigenvalue weighted by Gasteiger charge is -1.96. The van der Waals surface area contributed by atoms with E-state index in [0.29, 0.717) is 0 Å². The minimum atomic E-state index is -0.806. The van der Waals surface area contributed by atoms with E-state index in [-0.39, 0.29) is 12.0 Å². The van der Waals surface area contributed by atoms with Crippen LogP contribution >= 0.6 is 0 Å². The first kappa shape index (κ1) is 10.6. The van der Waals surface area contributed by atoms with E-state index in [4.69, 9.17) is 16.4 Å². The van der Waals surface area contributed by atoms with E-state index in [2.05, 4.69) is 11.4 Å². The van der Waals surface area contributed by atoms with Gasteiger partial charge in [0.05, 0.1) is 5.92 Å². The van der Waals surface area contributed by atoms with Gasteiger partial charge in [0.15, 0.2) is 0 Å². The second-order valence-electron chi connectivity index (χ2n) is 3.70. The summed E-state index contributed by atoms with van der Waals surface area (Å²) in [7, 11) is 0. The zero-order chi connectivity index (χ0) is 10.8. The van der Waals surface area contributed by atoms with Crippen LogP contribution in [-0.4, -0.2) is 17.7 Å². The molecule has 0 saturated heterocycles. The number of carbonyl (C=O) groups is 1. The molecular weight excluding hydrogens is 182 g/mol. The number of hydrogen-bond donors (Lipinski definition) is 2. The van der Waals surface area contributed by atoms with E-state index < -0.39 is 11.9 Å². The summed E-state index contributed by atoms with van der Waals surface area (Å²) in [4.78, 5) is 15.5. The normalized spacial score (nSPS) is 25.5. The number of carboxylic acid groups (broad SMARTS) is 1. The summed E-state index contributed by atoms with van der Waals surface area (Å²) in [5.74, 6) is 1.07. The standard InChI is InChI=1S/C10H13NO3/c1-4-5-14-11-6-7-8(9(12)13)10(7,2)3/h1,6,8,11H,5H2,2-3H3,(H,12,13). The Labute approximate surface area is 82.9 Å². The molecule has 4 nitrogen and oxygen atoms in total. The van der Waals surface area contributed by atoms with Crippen LogP contribution < -0.4 is 5.48 Å².